The van der Waals surface area contributed by atoms with Crippen LogP contribution in [0.3, 0.4) is 0 Å². The fourth-order valence-electron chi connectivity index (χ4n) is 5.33. The van der Waals surface area contributed by atoms with Gasteiger partial charge in [0.15, 0.2) is 5.78 Å². The number of likely N-dealkylation sites (tertiary alicyclic amines) is 1. The second-order valence-corrected chi connectivity index (χ2v) is 12.1. The molecule has 46 heavy (non-hydrogen) atoms. The third-order valence-corrected chi connectivity index (χ3v) is 8.19. The Balaban J connectivity index is 1.45. The number of phenolic OH excluding ortho intramolecular Hbond substituents is 1. The maximum absolute atomic E-state index is 12.5. The van der Waals surface area contributed by atoms with Gasteiger partial charge in [0.1, 0.15) is 18.1 Å². The van der Waals surface area contributed by atoms with Crippen LogP contribution in [0.15, 0.2) is 24.3 Å². The van der Waals surface area contributed by atoms with Crippen LogP contribution in [0.1, 0.15) is 76.7 Å². The Hall–Kier alpha value is -3.39. The highest BCUT2D eigenvalue weighted by molar-refractivity contribution is 5.89. The lowest BCUT2D eigenvalue weighted by molar-refractivity contribution is -0.133. The Bertz CT molecular complexity index is 1120. The first-order valence-electron chi connectivity index (χ1n) is 16.3. The normalized spacial score (nSPS) is 16.5. The van der Waals surface area contributed by atoms with Gasteiger partial charge in [0.2, 0.25) is 17.7 Å². The minimum absolute atomic E-state index is 0.0393. The van der Waals surface area contributed by atoms with Crippen LogP contribution in [-0.4, -0.2) is 96.9 Å². The Kier molecular flexibility index (Phi) is 18.1. The van der Waals surface area contributed by atoms with E-state index in [-0.39, 0.29) is 61.2 Å². The molecule has 8 N–H and O–H groups in total. The number of primary amides is 1. The molecule has 1 aliphatic rings. The van der Waals surface area contributed by atoms with Gasteiger partial charge in [0, 0.05) is 50.9 Å². The molecular weight excluding hydrogens is 594 g/mol. The summed E-state index contributed by atoms with van der Waals surface area (Å²) in [5.74, 6) is -1.61. The van der Waals surface area contributed by atoms with E-state index < -0.39 is 23.9 Å². The topological polar surface area (TPSA) is 217 Å². The van der Waals surface area contributed by atoms with Crippen LogP contribution in [-0.2, 0) is 39.9 Å². The molecule has 0 aromatic heterocycles. The second kappa shape index (κ2) is 21.4. The van der Waals surface area contributed by atoms with Crippen molar-refractivity contribution < 1.29 is 38.6 Å². The van der Waals surface area contributed by atoms with Crippen molar-refractivity contribution in [2.75, 3.05) is 39.5 Å². The van der Waals surface area contributed by atoms with E-state index >= 15 is 0 Å². The lowest BCUT2D eigenvalue weighted by atomic mass is 9.91. The summed E-state index contributed by atoms with van der Waals surface area (Å²) in [5.41, 5.74) is 18.3. The van der Waals surface area contributed by atoms with Gasteiger partial charge in [-0.2, -0.15) is 0 Å². The maximum Gasteiger partial charge on any atom is 0.245 e. The molecule has 1 aromatic carbocycles. The van der Waals surface area contributed by atoms with E-state index in [4.69, 9.17) is 26.7 Å². The number of nitrogens with two attached hydrogens (primary N) is 3. The first kappa shape index (κ1) is 38.8. The van der Waals surface area contributed by atoms with Crippen molar-refractivity contribution in [3.8, 4) is 5.75 Å². The molecule has 1 fully saturated rings. The van der Waals surface area contributed by atoms with Gasteiger partial charge in [-0.25, -0.2) is 0 Å². The third kappa shape index (κ3) is 15.3. The van der Waals surface area contributed by atoms with E-state index in [1.54, 1.807) is 12.1 Å². The minimum atomic E-state index is -0.775. The molecule has 13 heteroatoms. The number of phenols is 1. The molecule has 0 radical (unpaired) electrons. The Labute approximate surface area is 271 Å². The average Bonchev–Trinajstić information content (AvgIpc) is 3.46. The number of unbranched alkanes of at least 4 members (excludes halogenated alkanes) is 1. The van der Waals surface area contributed by atoms with E-state index in [2.05, 4.69) is 5.32 Å². The minimum Gasteiger partial charge on any atom is -0.508 e. The van der Waals surface area contributed by atoms with Gasteiger partial charge >= 0.3 is 0 Å². The Morgan fingerprint density at radius 2 is 1.67 bits per heavy atom. The lowest BCUT2D eigenvalue weighted by Crippen LogP contribution is -2.45. The Morgan fingerprint density at radius 3 is 2.35 bits per heavy atom. The van der Waals surface area contributed by atoms with Gasteiger partial charge in [0.05, 0.1) is 25.3 Å². The number of carbonyl (C=O) groups excluding carboxylic acids is 5. The second-order valence-electron chi connectivity index (χ2n) is 12.1. The van der Waals surface area contributed by atoms with Crippen LogP contribution < -0.4 is 22.5 Å². The van der Waals surface area contributed by atoms with E-state index in [0.29, 0.717) is 64.7 Å². The molecule has 1 saturated heterocycles. The number of benzene rings is 1. The number of aromatic hydroxyl groups is 1. The van der Waals surface area contributed by atoms with Crippen molar-refractivity contribution in [2.24, 2.45) is 23.1 Å². The molecule has 0 spiro atoms. The quantitative estimate of drug-likeness (QED) is 0.101. The van der Waals surface area contributed by atoms with Gasteiger partial charge in [-0.1, -0.05) is 18.6 Å². The van der Waals surface area contributed by atoms with Gasteiger partial charge in [-0.05, 0) is 69.6 Å². The maximum atomic E-state index is 12.5. The molecule has 1 heterocycles. The summed E-state index contributed by atoms with van der Waals surface area (Å²) in [4.78, 5) is 62.8. The monoisotopic (exact) mass is 647 g/mol. The fraction of sp³-hybridized carbons (Fsp3) is 0.667. The molecule has 13 nitrogen and oxygen atoms in total. The zero-order valence-electron chi connectivity index (χ0n) is 27.1. The summed E-state index contributed by atoms with van der Waals surface area (Å²) in [6.45, 7) is 3.95. The summed E-state index contributed by atoms with van der Waals surface area (Å²) >= 11 is 0. The van der Waals surface area contributed by atoms with Crippen LogP contribution in [0.25, 0.3) is 0 Å². The van der Waals surface area contributed by atoms with Crippen molar-refractivity contribution in [1.29, 1.82) is 0 Å². The van der Waals surface area contributed by atoms with Crippen molar-refractivity contribution in [3.05, 3.63) is 29.8 Å². The molecule has 0 saturated carbocycles. The Morgan fingerprint density at radius 1 is 0.957 bits per heavy atom. The van der Waals surface area contributed by atoms with Crippen LogP contribution in [0.5, 0.6) is 5.75 Å². The summed E-state index contributed by atoms with van der Waals surface area (Å²) in [5, 5.41) is 12.1. The number of nitrogens with zero attached hydrogens (tertiary/aromatic N) is 1. The van der Waals surface area contributed by atoms with Gasteiger partial charge in [-0.3, -0.25) is 24.0 Å². The molecule has 0 bridgehead atoms. The number of rotatable bonds is 24. The largest absolute Gasteiger partial charge is 0.508 e. The van der Waals surface area contributed by atoms with E-state index in [0.717, 1.165) is 24.9 Å². The molecular formula is C33H53N5O8. The van der Waals surface area contributed by atoms with Crippen LogP contribution in [0, 0.1) is 5.92 Å². The summed E-state index contributed by atoms with van der Waals surface area (Å²) in [6, 6.07) is 5.23. The predicted molar refractivity (Wildman–Crippen MR) is 172 cm³/mol. The highest BCUT2D eigenvalue weighted by Crippen LogP contribution is 2.18. The third-order valence-electron chi connectivity index (χ3n) is 8.19. The van der Waals surface area contributed by atoms with Crippen molar-refractivity contribution >= 4 is 29.3 Å². The van der Waals surface area contributed by atoms with Crippen molar-refractivity contribution in [3.63, 3.8) is 0 Å². The number of carbonyl (C=O) groups is 5. The number of ketones is 2. The number of hydrogen-bond acceptors (Lipinski definition) is 10. The fourth-order valence-corrected chi connectivity index (χ4v) is 5.33. The molecule has 1 aliphatic heterocycles. The molecule has 2 rings (SSSR count). The van der Waals surface area contributed by atoms with Crippen molar-refractivity contribution in [1.82, 2.24) is 10.2 Å². The standard InChI is InChI=1S/C33H53N5O8/c1-23-6-4-16-38(23)33(44)28(34)14-13-26(39)8-5-17-45-18-19-46-22-31(42)37-15-3-2-7-25(32(36)43)21-30(41)29(35)20-24-9-11-27(40)12-10-24/h9-12,23,25,28-29,40H,2-8,13-22,34-35H2,1H3,(H2,36,43)(H,37,42)/t23-,25-,28+,29+/m1/s1. The molecule has 258 valence electrons. The van der Waals surface area contributed by atoms with E-state index in [1.807, 2.05) is 11.8 Å². The van der Waals surface area contributed by atoms with Crippen LogP contribution >= 0.6 is 0 Å². The lowest BCUT2D eigenvalue weighted by Gasteiger charge is -2.24. The number of hydrogen-bond donors (Lipinski definition) is 5. The van der Waals surface area contributed by atoms with E-state index in [9.17, 15) is 29.1 Å². The zero-order valence-corrected chi connectivity index (χ0v) is 27.1. The average molecular weight is 648 g/mol. The van der Waals surface area contributed by atoms with Gasteiger partial charge in [0.25, 0.3) is 0 Å². The number of Topliss-reactive ketones (excluding diaryl/α,β-unsaturated/α-hetero) is 2. The van der Waals surface area contributed by atoms with Gasteiger partial charge < -0.3 is 42.0 Å². The summed E-state index contributed by atoms with van der Waals surface area (Å²) in [7, 11) is 0. The first-order chi connectivity index (χ1) is 22.0. The number of nitrogens with one attached hydrogen (secondary N) is 1. The van der Waals surface area contributed by atoms with Crippen LogP contribution in [0.4, 0.5) is 0 Å². The van der Waals surface area contributed by atoms with Gasteiger partial charge in [-0.15, -0.1) is 0 Å². The molecule has 4 atom stereocenters. The van der Waals surface area contributed by atoms with Crippen molar-refractivity contribution in [2.45, 2.75) is 95.7 Å². The SMILES string of the molecule is C[C@@H]1CCCN1C(=O)[C@@H](N)CCC(=O)CCCOCCOCC(=O)NCCCC[C@H](CC(=O)[C@@H](N)Cc1ccc(O)cc1)C(N)=O. The highest BCUT2D eigenvalue weighted by Gasteiger charge is 2.29. The first-order valence-corrected chi connectivity index (χ1v) is 16.3. The molecule has 1 aromatic rings. The summed E-state index contributed by atoms with van der Waals surface area (Å²) < 4.78 is 10.8. The molecule has 0 unspecified atom stereocenters. The van der Waals surface area contributed by atoms with E-state index in [1.165, 1.54) is 12.1 Å². The highest BCUT2D eigenvalue weighted by atomic mass is 16.5. The smallest absolute Gasteiger partial charge is 0.245 e. The number of ether oxygens (including phenoxy) is 2. The summed E-state index contributed by atoms with van der Waals surface area (Å²) in [6.07, 6.45) is 5.39. The predicted octanol–water partition coefficient (Wildman–Crippen LogP) is 1.11. The molecule has 3 amide bonds. The van der Waals surface area contributed by atoms with Crippen LogP contribution in [0.2, 0.25) is 0 Å². The number of amides is 3. The molecule has 0 aliphatic carbocycles. The zero-order chi connectivity index (χ0) is 33.9.